The minimum absolute atomic E-state index is 0.0910. The number of ether oxygens (including phenoxy) is 1. The molecule has 0 spiro atoms. The number of hydrogen-bond acceptors (Lipinski definition) is 6. The van der Waals surface area contributed by atoms with E-state index in [1.54, 1.807) is 28.9 Å². The van der Waals surface area contributed by atoms with E-state index in [1.807, 2.05) is 51.4 Å². The summed E-state index contributed by atoms with van der Waals surface area (Å²) in [6.07, 6.45) is 1.94. The van der Waals surface area contributed by atoms with Gasteiger partial charge >= 0.3 is 0 Å². The molecule has 0 unspecified atom stereocenters. The van der Waals surface area contributed by atoms with Gasteiger partial charge in [0.1, 0.15) is 18.2 Å². The lowest BCUT2D eigenvalue weighted by molar-refractivity contribution is 0.102. The molecule has 0 saturated carbocycles. The number of carbonyl (C=O) groups excluding carboxylic acids is 1. The molecule has 1 saturated heterocycles. The molecule has 2 aromatic carbocycles. The van der Waals surface area contributed by atoms with Gasteiger partial charge in [-0.05, 0) is 75.3 Å². The molecule has 0 radical (unpaired) electrons. The van der Waals surface area contributed by atoms with Crippen molar-refractivity contribution in [1.29, 1.82) is 0 Å². The van der Waals surface area contributed by atoms with Gasteiger partial charge in [-0.2, -0.15) is 5.10 Å². The van der Waals surface area contributed by atoms with Crippen LogP contribution in [0.2, 0.25) is 5.02 Å². The lowest BCUT2D eigenvalue weighted by Gasteiger charge is -2.31. The predicted molar refractivity (Wildman–Crippen MR) is 164 cm³/mol. The third-order valence-electron chi connectivity index (χ3n) is 8.08. The number of nitrogens with one attached hydrogen (secondary N) is 1. The first-order valence-corrected chi connectivity index (χ1v) is 14.6. The van der Waals surface area contributed by atoms with Gasteiger partial charge in [0.25, 0.3) is 5.91 Å². The van der Waals surface area contributed by atoms with Gasteiger partial charge < -0.3 is 14.6 Å². The highest BCUT2D eigenvalue weighted by molar-refractivity contribution is 6.30. The molecule has 5 aromatic rings. The molecule has 4 heterocycles. The van der Waals surface area contributed by atoms with Crippen molar-refractivity contribution >= 4 is 34.2 Å². The van der Waals surface area contributed by atoms with Gasteiger partial charge in [0, 0.05) is 53.7 Å². The lowest BCUT2D eigenvalue weighted by atomic mass is 9.93. The van der Waals surface area contributed by atoms with Gasteiger partial charge in [-0.3, -0.25) is 14.4 Å². The molecule has 11 heteroatoms. The fraction of sp³-hybridized carbons (Fsp3) is 0.312. The highest BCUT2D eigenvalue weighted by Gasteiger charge is 2.23. The normalized spacial score (nSPS) is 14.3. The molecule has 0 atom stereocenters. The van der Waals surface area contributed by atoms with E-state index in [0.717, 1.165) is 60.7 Å². The van der Waals surface area contributed by atoms with Gasteiger partial charge in [0.05, 0.1) is 17.6 Å². The van der Waals surface area contributed by atoms with Crippen molar-refractivity contribution in [2.24, 2.45) is 14.1 Å². The summed E-state index contributed by atoms with van der Waals surface area (Å²) < 4.78 is 23.7. The molecular formula is C32H33ClFN7O2. The fourth-order valence-electron chi connectivity index (χ4n) is 5.45. The summed E-state index contributed by atoms with van der Waals surface area (Å²) in [5.41, 5.74) is 5.26. The van der Waals surface area contributed by atoms with Crippen LogP contribution in [0, 0.1) is 12.7 Å². The Morgan fingerprint density at radius 2 is 1.88 bits per heavy atom. The number of rotatable bonds is 8. The Kier molecular flexibility index (Phi) is 8.14. The number of aryl methyl sites for hydroxylation is 3. The number of aromatic nitrogens is 5. The van der Waals surface area contributed by atoms with E-state index in [4.69, 9.17) is 26.3 Å². The monoisotopic (exact) mass is 601 g/mol. The summed E-state index contributed by atoms with van der Waals surface area (Å²) in [5.74, 6) is 1.14. The van der Waals surface area contributed by atoms with E-state index in [1.165, 1.54) is 6.07 Å². The number of carbonyl (C=O) groups is 1. The zero-order chi connectivity index (χ0) is 30.1. The number of likely N-dealkylation sites (tertiary alicyclic amines) is 1. The van der Waals surface area contributed by atoms with Crippen LogP contribution in [0.3, 0.4) is 0 Å². The van der Waals surface area contributed by atoms with Crippen molar-refractivity contribution in [3.05, 3.63) is 100.0 Å². The number of fused-ring (bicyclic) bond motifs is 1. The Morgan fingerprint density at radius 1 is 1.07 bits per heavy atom. The summed E-state index contributed by atoms with van der Waals surface area (Å²) in [6, 6.07) is 17.9. The van der Waals surface area contributed by atoms with Gasteiger partial charge in [-0.1, -0.05) is 23.7 Å². The third-order valence-corrected chi connectivity index (χ3v) is 8.32. The molecule has 3 aromatic heterocycles. The zero-order valence-electron chi connectivity index (χ0n) is 24.3. The number of imidazole rings is 1. The van der Waals surface area contributed by atoms with Crippen LogP contribution in [0.25, 0.3) is 11.0 Å². The molecule has 43 heavy (non-hydrogen) atoms. The minimum atomic E-state index is -0.389. The first-order chi connectivity index (χ1) is 20.7. The second kappa shape index (κ2) is 12.1. The first-order valence-electron chi connectivity index (χ1n) is 14.3. The molecule has 0 bridgehead atoms. The van der Waals surface area contributed by atoms with Crippen LogP contribution in [-0.4, -0.2) is 48.2 Å². The van der Waals surface area contributed by atoms with Crippen molar-refractivity contribution in [2.45, 2.75) is 38.8 Å². The number of nitrogens with zero attached hydrogens (tertiary/aromatic N) is 6. The summed E-state index contributed by atoms with van der Waals surface area (Å²) in [6.45, 7) is 4.57. The van der Waals surface area contributed by atoms with Gasteiger partial charge in [-0.15, -0.1) is 0 Å². The molecule has 9 nitrogen and oxygen atoms in total. The van der Waals surface area contributed by atoms with Crippen LogP contribution in [0.5, 0.6) is 5.88 Å². The quantitative estimate of drug-likeness (QED) is 0.234. The third kappa shape index (κ3) is 6.40. The Morgan fingerprint density at radius 3 is 2.63 bits per heavy atom. The van der Waals surface area contributed by atoms with Crippen LogP contribution in [-0.2, 0) is 27.2 Å². The maximum Gasteiger partial charge on any atom is 0.276 e. The van der Waals surface area contributed by atoms with Crippen molar-refractivity contribution in [2.75, 3.05) is 18.4 Å². The number of amides is 1. The molecule has 222 valence electrons. The van der Waals surface area contributed by atoms with Crippen molar-refractivity contribution in [3.8, 4) is 5.88 Å². The molecule has 0 aliphatic carbocycles. The number of pyridine rings is 1. The van der Waals surface area contributed by atoms with Gasteiger partial charge in [0.2, 0.25) is 5.88 Å². The lowest BCUT2D eigenvalue weighted by Crippen LogP contribution is -2.33. The van der Waals surface area contributed by atoms with Crippen molar-refractivity contribution < 1.29 is 13.9 Å². The number of anilines is 1. The van der Waals surface area contributed by atoms with Crippen LogP contribution in [0.1, 0.15) is 52.0 Å². The maximum absolute atomic E-state index is 14.1. The summed E-state index contributed by atoms with van der Waals surface area (Å²) in [7, 11) is 3.84. The van der Waals surface area contributed by atoms with Crippen LogP contribution < -0.4 is 10.1 Å². The number of benzene rings is 2. The van der Waals surface area contributed by atoms with E-state index in [2.05, 4.69) is 19.9 Å². The topological polar surface area (TPSA) is 90.1 Å². The van der Waals surface area contributed by atoms with E-state index in [-0.39, 0.29) is 18.3 Å². The Hall–Kier alpha value is -4.28. The van der Waals surface area contributed by atoms with E-state index in [9.17, 15) is 9.18 Å². The molecular weight excluding hydrogens is 569 g/mol. The first kappa shape index (κ1) is 28.8. The van der Waals surface area contributed by atoms with Crippen LogP contribution in [0.15, 0.2) is 60.7 Å². The smallest absolute Gasteiger partial charge is 0.276 e. The average molecular weight is 602 g/mol. The maximum atomic E-state index is 14.1. The molecule has 1 aliphatic rings. The van der Waals surface area contributed by atoms with E-state index < -0.39 is 0 Å². The number of hydrogen-bond donors (Lipinski definition) is 1. The second-order valence-electron chi connectivity index (χ2n) is 11.0. The Labute approximate surface area is 254 Å². The molecule has 1 fully saturated rings. The Bertz CT molecular complexity index is 1770. The second-order valence-corrected chi connectivity index (χ2v) is 11.5. The van der Waals surface area contributed by atoms with Crippen LogP contribution >= 0.6 is 11.6 Å². The Balaban J connectivity index is 1.05. The largest absolute Gasteiger partial charge is 0.473 e. The zero-order valence-corrected chi connectivity index (χ0v) is 25.1. The average Bonchev–Trinajstić information content (AvgIpc) is 3.50. The highest BCUT2D eigenvalue weighted by Crippen LogP contribution is 2.29. The molecule has 1 aliphatic heterocycles. The van der Waals surface area contributed by atoms with Crippen molar-refractivity contribution in [3.63, 3.8) is 0 Å². The molecule has 1 N–H and O–H groups in total. The predicted octanol–water partition coefficient (Wildman–Crippen LogP) is 6.01. The SMILES string of the molecule is Cc1cc(C(=O)Nc2ccc3c(c2)nc(CN2CCC(c4cccc(OCc5ccc(Cl)cc5F)n4)CC2)n3C)nn1C. The summed E-state index contributed by atoms with van der Waals surface area (Å²) in [5, 5.41) is 7.55. The summed E-state index contributed by atoms with van der Waals surface area (Å²) in [4.78, 5) is 24.7. The highest BCUT2D eigenvalue weighted by atomic mass is 35.5. The van der Waals surface area contributed by atoms with E-state index in [0.29, 0.717) is 33.8 Å². The van der Waals surface area contributed by atoms with Gasteiger partial charge in [0.15, 0.2) is 5.69 Å². The van der Waals surface area contributed by atoms with Crippen LogP contribution in [0.4, 0.5) is 10.1 Å². The molecule has 6 rings (SSSR count). The number of piperidine rings is 1. The fourth-order valence-corrected chi connectivity index (χ4v) is 5.61. The summed E-state index contributed by atoms with van der Waals surface area (Å²) >= 11 is 5.85. The van der Waals surface area contributed by atoms with Crippen molar-refractivity contribution in [1.82, 2.24) is 29.2 Å². The number of halogens is 2. The minimum Gasteiger partial charge on any atom is -0.473 e. The van der Waals surface area contributed by atoms with E-state index >= 15 is 0 Å². The standard InChI is InChI=1S/C32H33ClFN7O2/c1-20-15-28(38-40(20)3)32(42)35-24-9-10-29-27(17-24)36-30(39(29)2)18-41-13-11-21(12-14-41)26-5-4-6-31(37-26)43-19-22-7-8-23(33)16-25(22)34/h4-10,15-17,21H,11-14,18-19H2,1-3H3,(H,35,42). The van der Waals surface area contributed by atoms with Gasteiger partial charge in [-0.25, -0.2) is 14.4 Å². The molecule has 1 amide bonds.